The summed E-state index contributed by atoms with van der Waals surface area (Å²) in [5, 5.41) is 3.54. The Morgan fingerprint density at radius 3 is 2.42 bits per heavy atom. The molecule has 2 atom stereocenters. The third-order valence-corrected chi connectivity index (χ3v) is 6.81. The summed E-state index contributed by atoms with van der Waals surface area (Å²) in [5.74, 6) is 1.00. The molecule has 2 bridgehead atoms. The zero-order chi connectivity index (χ0) is 21.0. The summed E-state index contributed by atoms with van der Waals surface area (Å²) in [4.78, 5) is 7.17. The van der Waals surface area contributed by atoms with Gasteiger partial charge in [0.15, 0.2) is 0 Å². The average Bonchev–Trinajstić information content (AvgIpc) is 3.01. The van der Waals surface area contributed by atoms with Crippen LogP contribution in [0.4, 0.5) is 0 Å². The number of piperidine rings is 1. The molecule has 3 heterocycles. The van der Waals surface area contributed by atoms with E-state index in [4.69, 9.17) is 4.74 Å². The first-order valence-corrected chi connectivity index (χ1v) is 11.4. The van der Waals surface area contributed by atoms with Gasteiger partial charge < -0.3 is 15.0 Å². The molecule has 2 unspecified atom stereocenters. The lowest BCUT2D eigenvalue weighted by molar-refractivity contribution is 0.0661. The number of hydrogen-bond acceptors (Lipinski definition) is 4. The zero-order valence-electron chi connectivity index (χ0n) is 18.2. The summed E-state index contributed by atoms with van der Waals surface area (Å²) in [6.07, 6.45) is 7.27. The molecule has 31 heavy (non-hydrogen) atoms. The standard InChI is InChI=1S/C27H31N3O/c1-30-23-11-12-24(30)16-26(15-23)31-25-9-5-6-20(14-25)17-28-18-21-10-13-27(29-19-21)22-7-3-2-4-8-22/h2-10,13-14,19,23-24,26,28H,11-12,15-18H2,1H3. The summed E-state index contributed by atoms with van der Waals surface area (Å²) in [7, 11) is 2.27. The molecule has 2 aromatic carbocycles. The maximum Gasteiger partial charge on any atom is 0.120 e. The molecule has 2 fully saturated rings. The monoisotopic (exact) mass is 413 g/mol. The van der Waals surface area contributed by atoms with Gasteiger partial charge in [-0.05, 0) is 62.1 Å². The first-order chi connectivity index (χ1) is 15.2. The van der Waals surface area contributed by atoms with Crippen LogP contribution in [-0.2, 0) is 13.1 Å². The lowest BCUT2D eigenvalue weighted by Gasteiger charge is -2.36. The van der Waals surface area contributed by atoms with Gasteiger partial charge in [-0.2, -0.15) is 0 Å². The maximum atomic E-state index is 6.38. The van der Waals surface area contributed by atoms with Crippen LogP contribution in [0.5, 0.6) is 5.75 Å². The highest BCUT2D eigenvalue weighted by Gasteiger charge is 2.39. The molecule has 2 aliphatic rings. The first-order valence-electron chi connectivity index (χ1n) is 11.4. The highest BCUT2D eigenvalue weighted by molar-refractivity contribution is 5.58. The number of nitrogens with zero attached hydrogens (tertiary/aromatic N) is 2. The Bertz CT molecular complexity index is 975. The van der Waals surface area contributed by atoms with Gasteiger partial charge in [-0.1, -0.05) is 48.5 Å². The van der Waals surface area contributed by atoms with E-state index in [1.807, 2.05) is 24.4 Å². The van der Waals surface area contributed by atoms with E-state index in [0.29, 0.717) is 18.2 Å². The molecule has 3 aromatic rings. The summed E-state index contributed by atoms with van der Waals surface area (Å²) < 4.78 is 6.38. The van der Waals surface area contributed by atoms with E-state index in [1.54, 1.807) is 0 Å². The van der Waals surface area contributed by atoms with Crippen LogP contribution in [0.1, 0.15) is 36.8 Å². The third kappa shape index (κ3) is 4.81. The van der Waals surface area contributed by atoms with Crippen LogP contribution in [0.25, 0.3) is 11.3 Å². The number of ether oxygens (including phenoxy) is 1. The molecule has 5 rings (SSSR count). The van der Waals surface area contributed by atoms with Crippen molar-refractivity contribution in [2.45, 2.75) is 57.0 Å². The quantitative estimate of drug-likeness (QED) is 0.589. The van der Waals surface area contributed by atoms with E-state index in [1.165, 1.54) is 24.0 Å². The second-order valence-corrected chi connectivity index (χ2v) is 8.93. The molecule has 2 aliphatic heterocycles. The van der Waals surface area contributed by atoms with E-state index in [-0.39, 0.29) is 0 Å². The van der Waals surface area contributed by atoms with Crippen LogP contribution in [0, 0.1) is 0 Å². The van der Waals surface area contributed by atoms with E-state index in [0.717, 1.165) is 42.9 Å². The zero-order valence-corrected chi connectivity index (χ0v) is 18.2. The SMILES string of the molecule is CN1C2CCC1CC(Oc1cccc(CNCc3ccc(-c4ccccc4)nc3)c1)C2. The van der Waals surface area contributed by atoms with Crippen molar-refractivity contribution in [2.24, 2.45) is 0 Å². The summed E-state index contributed by atoms with van der Waals surface area (Å²) in [5.41, 5.74) is 4.60. The number of fused-ring (bicyclic) bond motifs is 2. The van der Waals surface area contributed by atoms with Gasteiger partial charge in [0.05, 0.1) is 5.69 Å². The van der Waals surface area contributed by atoms with Crippen LogP contribution >= 0.6 is 0 Å². The Kier molecular flexibility index (Phi) is 6.01. The van der Waals surface area contributed by atoms with Crippen molar-refractivity contribution in [3.8, 4) is 17.0 Å². The maximum absolute atomic E-state index is 6.38. The van der Waals surface area contributed by atoms with Gasteiger partial charge in [-0.15, -0.1) is 0 Å². The van der Waals surface area contributed by atoms with Crippen LogP contribution in [0.3, 0.4) is 0 Å². The third-order valence-electron chi connectivity index (χ3n) is 6.81. The predicted octanol–water partition coefficient (Wildman–Crippen LogP) is 5.04. The van der Waals surface area contributed by atoms with Gasteiger partial charge in [0.1, 0.15) is 11.9 Å². The molecule has 4 nitrogen and oxygen atoms in total. The van der Waals surface area contributed by atoms with Crippen molar-refractivity contribution < 1.29 is 4.74 Å². The number of hydrogen-bond donors (Lipinski definition) is 1. The fraction of sp³-hybridized carbons (Fsp3) is 0.370. The Labute approximate surface area is 185 Å². The summed E-state index contributed by atoms with van der Waals surface area (Å²) in [6, 6.07) is 24.5. The fourth-order valence-corrected chi connectivity index (χ4v) is 5.04. The number of rotatable bonds is 7. The van der Waals surface area contributed by atoms with Crippen LogP contribution < -0.4 is 10.1 Å². The Hall–Kier alpha value is -2.69. The lowest BCUT2D eigenvalue weighted by Crippen LogP contribution is -2.43. The highest BCUT2D eigenvalue weighted by Crippen LogP contribution is 2.36. The molecular formula is C27H31N3O. The van der Waals surface area contributed by atoms with Crippen LogP contribution in [0.15, 0.2) is 72.9 Å². The molecule has 0 saturated carbocycles. The predicted molar refractivity (Wildman–Crippen MR) is 125 cm³/mol. The van der Waals surface area contributed by atoms with E-state index in [2.05, 4.69) is 70.8 Å². The second-order valence-electron chi connectivity index (χ2n) is 8.93. The smallest absolute Gasteiger partial charge is 0.120 e. The van der Waals surface area contributed by atoms with Crippen molar-refractivity contribution in [3.63, 3.8) is 0 Å². The molecule has 0 amide bonds. The lowest BCUT2D eigenvalue weighted by atomic mass is 10.0. The number of aromatic nitrogens is 1. The van der Waals surface area contributed by atoms with Crippen molar-refractivity contribution in [3.05, 3.63) is 84.1 Å². The summed E-state index contributed by atoms with van der Waals surface area (Å²) >= 11 is 0. The largest absolute Gasteiger partial charge is 0.490 e. The van der Waals surface area contributed by atoms with Crippen molar-refractivity contribution >= 4 is 0 Å². The molecule has 4 heteroatoms. The number of pyridine rings is 1. The number of benzene rings is 2. The Balaban J connectivity index is 1.13. The Morgan fingerprint density at radius 2 is 1.68 bits per heavy atom. The molecule has 160 valence electrons. The topological polar surface area (TPSA) is 37.4 Å². The minimum atomic E-state index is 0.353. The fourth-order valence-electron chi connectivity index (χ4n) is 5.04. The van der Waals surface area contributed by atoms with Gasteiger partial charge in [0.2, 0.25) is 0 Å². The first kappa shape index (κ1) is 20.2. The van der Waals surface area contributed by atoms with Crippen molar-refractivity contribution in [1.29, 1.82) is 0 Å². The minimum absolute atomic E-state index is 0.353. The van der Waals surface area contributed by atoms with Crippen molar-refractivity contribution in [1.82, 2.24) is 15.2 Å². The van der Waals surface area contributed by atoms with Gasteiger partial charge >= 0.3 is 0 Å². The number of nitrogens with one attached hydrogen (secondary N) is 1. The van der Waals surface area contributed by atoms with E-state index >= 15 is 0 Å². The van der Waals surface area contributed by atoms with Crippen LogP contribution in [-0.4, -0.2) is 35.1 Å². The minimum Gasteiger partial charge on any atom is -0.490 e. The van der Waals surface area contributed by atoms with Gasteiger partial charge in [0.25, 0.3) is 0 Å². The molecule has 0 radical (unpaired) electrons. The molecule has 2 saturated heterocycles. The normalized spacial score (nSPS) is 23.1. The van der Waals surface area contributed by atoms with Crippen LogP contribution in [0.2, 0.25) is 0 Å². The molecule has 1 aromatic heterocycles. The second kappa shape index (κ2) is 9.21. The highest BCUT2D eigenvalue weighted by atomic mass is 16.5. The van der Waals surface area contributed by atoms with Crippen molar-refractivity contribution in [2.75, 3.05) is 7.05 Å². The van der Waals surface area contributed by atoms with Gasteiger partial charge in [-0.3, -0.25) is 4.98 Å². The van der Waals surface area contributed by atoms with Gasteiger partial charge in [-0.25, -0.2) is 0 Å². The molecule has 0 aliphatic carbocycles. The molecule has 0 spiro atoms. The molecular weight excluding hydrogens is 382 g/mol. The average molecular weight is 414 g/mol. The van der Waals surface area contributed by atoms with Gasteiger partial charge in [0, 0.05) is 36.9 Å². The molecule has 1 N–H and O–H groups in total. The van der Waals surface area contributed by atoms with E-state index < -0.39 is 0 Å². The Morgan fingerprint density at radius 1 is 0.903 bits per heavy atom. The van der Waals surface area contributed by atoms with E-state index in [9.17, 15) is 0 Å². The summed E-state index contributed by atoms with van der Waals surface area (Å²) in [6.45, 7) is 1.61.